The number of rotatable bonds is 66. The van der Waals surface area contributed by atoms with Crippen LogP contribution in [0.4, 0.5) is 0 Å². The monoisotopic (exact) mass is 1080 g/mol. The fourth-order valence-electron chi connectivity index (χ4n) is 11.1. The molecule has 0 aliphatic carbocycles. The van der Waals surface area contributed by atoms with Gasteiger partial charge in [0.15, 0.2) is 0 Å². The molecule has 0 aromatic rings. The number of carbonyl (C=O) groups is 2. The van der Waals surface area contributed by atoms with Gasteiger partial charge in [0.05, 0.1) is 25.4 Å². The van der Waals surface area contributed by atoms with Crippen molar-refractivity contribution in [3.05, 3.63) is 24.3 Å². The number of nitrogens with one attached hydrogen (secondary N) is 1. The molecule has 77 heavy (non-hydrogen) atoms. The fraction of sp³-hybridized carbons (Fsp3) is 0.915. The van der Waals surface area contributed by atoms with Gasteiger partial charge in [0.25, 0.3) is 0 Å². The molecule has 6 heteroatoms. The number of hydrogen-bond acceptors (Lipinski definition) is 5. The first-order valence-electron chi connectivity index (χ1n) is 35.1. The number of ether oxygens (including phenoxy) is 1. The Balaban J connectivity index is 3.33. The Bertz CT molecular complexity index is 1200. The van der Waals surface area contributed by atoms with Crippen LogP contribution in [0.25, 0.3) is 0 Å². The molecule has 0 aromatic heterocycles. The van der Waals surface area contributed by atoms with Gasteiger partial charge >= 0.3 is 5.97 Å². The summed E-state index contributed by atoms with van der Waals surface area (Å²) < 4.78 is 5.48. The van der Waals surface area contributed by atoms with Gasteiger partial charge in [-0.2, -0.15) is 0 Å². The number of aliphatic hydroxyl groups excluding tert-OH is 2. The molecule has 0 saturated heterocycles. The highest BCUT2D eigenvalue weighted by molar-refractivity contribution is 5.76. The zero-order valence-electron chi connectivity index (χ0n) is 52.2. The predicted molar refractivity (Wildman–Crippen MR) is 338 cm³/mol. The smallest absolute Gasteiger partial charge is 0.305 e. The van der Waals surface area contributed by atoms with Crippen LogP contribution in [-0.4, -0.2) is 47.4 Å². The normalized spacial score (nSPS) is 12.6. The molecule has 0 heterocycles. The van der Waals surface area contributed by atoms with Crippen LogP contribution in [0, 0.1) is 0 Å². The Morgan fingerprint density at radius 1 is 0.364 bits per heavy atom. The topological polar surface area (TPSA) is 95.9 Å². The summed E-state index contributed by atoms with van der Waals surface area (Å²) in [5.74, 6) is -0.0219. The molecule has 456 valence electrons. The van der Waals surface area contributed by atoms with Crippen molar-refractivity contribution in [1.82, 2.24) is 5.32 Å². The minimum atomic E-state index is -0.661. The van der Waals surface area contributed by atoms with Crippen LogP contribution in [0.2, 0.25) is 0 Å². The quantitative estimate of drug-likeness (QED) is 0.0320. The third-order valence-corrected chi connectivity index (χ3v) is 16.5. The van der Waals surface area contributed by atoms with E-state index < -0.39 is 12.1 Å². The lowest BCUT2D eigenvalue weighted by atomic mass is 10.0. The molecule has 0 saturated carbocycles. The molecule has 2 atom stereocenters. The van der Waals surface area contributed by atoms with Crippen LogP contribution in [-0.2, 0) is 14.3 Å². The first-order valence-corrected chi connectivity index (χ1v) is 35.1. The van der Waals surface area contributed by atoms with Gasteiger partial charge in [-0.25, -0.2) is 0 Å². The summed E-state index contributed by atoms with van der Waals surface area (Å²) in [5.41, 5.74) is 0. The van der Waals surface area contributed by atoms with E-state index in [4.69, 9.17) is 4.74 Å². The minimum absolute atomic E-state index is 0.00598. The van der Waals surface area contributed by atoms with Crippen LogP contribution in [0.5, 0.6) is 0 Å². The van der Waals surface area contributed by atoms with Crippen LogP contribution in [0.1, 0.15) is 393 Å². The van der Waals surface area contributed by atoms with E-state index in [0.29, 0.717) is 25.9 Å². The Hall–Kier alpha value is -1.66. The SMILES string of the molecule is CCCC/C=C\C/C=C\CCCCCCCC(=O)OCCCCCCCCCCCCCCCCCCCCCCCCCCCCCCCCC(=O)NC(CO)C(O)CCCCCCCCCCCCCCCCCC. The molecule has 0 bridgehead atoms. The number of aliphatic hydroxyl groups is 2. The first-order chi connectivity index (χ1) is 38.0. The lowest BCUT2D eigenvalue weighted by Gasteiger charge is -2.22. The van der Waals surface area contributed by atoms with Gasteiger partial charge in [-0.15, -0.1) is 0 Å². The Morgan fingerprint density at radius 3 is 1.03 bits per heavy atom. The van der Waals surface area contributed by atoms with Crippen LogP contribution >= 0.6 is 0 Å². The van der Waals surface area contributed by atoms with E-state index in [1.807, 2.05) is 0 Å². The second kappa shape index (κ2) is 66.8. The van der Waals surface area contributed by atoms with Crippen molar-refractivity contribution >= 4 is 11.9 Å². The zero-order chi connectivity index (χ0) is 55.7. The maximum Gasteiger partial charge on any atom is 0.305 e. The van der Waals surface area contributed by atoms with Crippen molar-refractivity contribution in [3.8, 4) is 0 Å². The minimum Gasteiger partial charge on any atom is -0.466 e. The lowest BCUT2D eigenvalue weighted by molar-refractivity contribution is -0.143. The molecule has 6 nitrogen and oxygen atoms in total. The van der Waals surface area contributed by atoms with E-state index in [9.17, 15) is 19.8 Å². The van der Waals surface area contributed by atoms with E-state index in [1.165, 1.54) is 308 Å². The molecule has 3 N–H and O–H groups in total. The molecule has 0 spiro atoms. The lowest BCUT2D eigenvalue weighted by Crippen LogP contribution is -2.45. The van der Waals surface area contributed by atoms with E-state index >= 15 is 0 Å². The van der Waals surface area contributed by atoms with Gasteiger partial charge in [-0.1, -0.05) is 353 Å². The summed E-state index contributed by atoms with van der Waals surface area (Å²) in [7, 11) is 0. The maximum atomic E-state index is 12.5. The first kappa shape index (κ1) is 75.3. The number of unbranched alkanes of at least 4 members (excludes halogenated alkanes) is 51. The maximum absolute atomic E-state index is 12.5. The van der Waals surface area contributed by atoms with Gasteiger partial charge in [0.1, 0.15) is 0 Å². The summed E-state index contributed by atoms with van der Waals surface area (Å²) in [6, 6.07) is -0.538. The molecule has 0 aliphatic heterocycles. The van der Waals surface area contributed by atoms with Crippen LogP contribution < -0.4 is 5.32 Å². The summed E-state index contributed by atoms with van der Waals surface area (Å²) in [6.45, 7) is 4.94. The fourth-order valence-corrected chi connectivity index (χ4v) is 11.1. The number of carbonyl (C=O) groups excluding carboxylic acids is 2. The van der Waals surface area contributed by atoms with Gasteiger partial charge in [-0.05, 0) is 51.4 Å². The molecular weight excluding hydrogens is 947 g/mol. The molecule has 1 amide bonds. The Kier molecular flexibility index (Phi) is 65.4. The highest BCUT2D eigenvalue weighted by atomic mass is 16.5. The summed E-state index contributed by atoms with van der Waals surface area (Å²) in [6.07, 6.45) is 83.7. The third kappa shape index (κ3) is 63.4. The van der Waals surface area contributed by atoms with Crippen molar-refractivity contribution in [1.29, 1.82) is 0 Å². The van der Waals surface area contributed by atoms with E-state index in [1.54, 1.807) is 0 Å². The summed E-state index contributed by atoms with van der Waals surface area (Å²) in [5, 5.41) is 23.4. The van der Waals surface area contributed by atoms with E-state index in [-0.39, 0.29) is 18.5 Å². The highest BCUT2D eigenvalue weighted by Crippen LogP contribution is 2.19. The molecule has 0 radical (unpaired) electrons. The van der Waals surface area contributed by atoms with Crippen molar-refractivity contribution in [2.24, 2.45) is 0 Å². The number of esters is 1. The largest absolute Gasteiger partial charge is 0.466 e. The van der Waals surface area contributed by atoms with Gasteiger partial charge in [0, 0.05) is 12.8 Å². The molecule has 0 fully saturated rings. The summed E-state index contributed by atoms with van der Waals surface area (Å²) in [4.78, 5) is 24.6. The summed E-state index contributed by atoms with van der Waals surface area (Å²) >= 11 is 0. The zero-order valence-corrected chi connectivity index (χ0v) is 52.2. The number of allylic oxidation sites excluding steroid dienone is 4. The number of hydrogen-bond donors (Lipinski definition) is 3. The van der Waals surface area contributed by atoms with E-state index in [0.717, 1.165) is 51.4 Å². The molecule has 0 aromatic carbocycles. The Morgan fingerprint density at radius 2 is 0.662 bits per heavy atom. The van der Waals surface area contributed by atoms with Gasteiger partial charge in [-0.3, -0.25) is 9.59 Å². The van der Waals surface area contributed by atoms with Crippen LogP contribution in [0.15, 0.2) is 24.3 Å². The molecular formula is C71H137NO5. The standard InChI is InChI=1S/C71H137NO5/c1-3-5-7-9-11-13-15-17-19-36-39-43-47-51-55-59-63-69(74)68(67-73)72-70(75)64-60-56-52-48-44-40-37-34-32-30-28-26-24-22-20-21-23-25-27-29-31-33-35-38-42-46-50-54-58-62-66-77-71(76)65-61-57-53-49-45-41-18-16-14-12-10-8-6-4-2/h10,12,16,18,68-69,73-74H,3-9,11,13-15,17,19-67H2,1-2H3,(H,72,75)/b12-10-,18-16-. The van der Waals surface area contributed by atoms with E-state index in [2.05, 4.69) is 43.5 Å². The van der Waals surface area contributed by atoms with Crippen molar-refractivity contribution in [2.75, 3.05) is 13.2 Å². The molecule has 0 aliphatic rings. The second-order valence-corrected chi connectivity index (χ2v) is 24.2. The third-order valence-electron chi connectivity index (χ3n) is 16.5. The van der Waals surface area contributed by atoms with Gasteiger partial charge in [0.2, 0.25) is 5.91 Å². The Labute approximate surface area is 481 Å². The van der Waals surface area contributed by atoms with Crippen molar-refractivity contribution in [3.63, 3.8) is 0 Å². The highest BCUT2D eigenvalue weighted by Gasteiger charge is 2.20. The second-order valence-electron chi connectivity index (χ2n) is 24.2. The average Bonchev–Trinajstić information content (AvgIpc) is 3.43. The van der Waals surface area contributed by atoms with Crippen molar-refractivity contribution < 1.29 is 24.5 Å². The van der Waals surface area contributed by atoms with Crippen molar-refractivity contribution in [2.45, 2.75) is 405 Å². The molecule has 2 unspecified atom stereocenters. The average molecular weight is 1080 g/mol. The number of amides is 1. The van der Waals surface area contributed by atoms with Gasteiger partial charge < -0.3 is 20.3 Å². The predicted octanol–water partition coefficient (Wildman–Crippen LogP) is 22.5. The van der Waals surface area contributed by atoms with Crippen LogP contribution in [0.3, 0.4) is 0 Å². The molecule has 0 rings (SSSR count).